The number of rotatable bonds is 7. The number of hydrogen-bond donors (Lipinski definition) is 0. The van der Waals surface area contributed by atoms with E-state index < -0.39 is 0 Å². The average Bonchev–Trinajstić information content (AvgIpc) is 3.34. The van der Waals surface area contributed by atoms with Crippen LogP contribution >= 0.6 is 0 Å². The van der Waals surface area contributed by atoms with Gasteiger partial charge in [0.05, 0.1) is 6.61 Å². The van der Waals surface area contributed by atoms with Crippen molar-refractivity contribution >= 4 is 17.5 Å². The number of likely N-dealkylation sites (tertiary alicyclic amines) is 2. The average molecular weight is 491 g/mol. The number of amides is 1. The van der Waals surface area contributed by atoms with Crippen molar-refractivity contribution in [2.24, 2.45) is 0 Å². The summed E-state index contributed by atoms with van der Waals surface area (Å²) in [6, 6.07) is 13.7. The van der Waals surface area contributed by atoms with Crippen LogP contribution in [0, 0.1) is 0 Å². The van der Waals surface area contributed by atoms with Gasteiger partial charge in [-0.1, -0.05) is 24.6 Å². The minimum absolute atomic E-state index is 0.0307. The van der Waals surface area contributed by atoms with Gasteiger partial charge in [0.25, 0.3) is 5.91 Å². The number of aromatic nitrogens is 2. The molecule has 2 aliphatic rings. The first kappa shape index (κ1) is 24.3. The van der Waals surface area contributed by atoms with Gasteiger partial charge in [0, 0.05) is 44.9 Å². The highest BCUT2D eigenvalue weighted by Crippen LogP contribution is 2.25. The van der Waals surface area contributed by atoms with Crippen molar-refractivity contribution in [2.75, 3.05) is 26.2 Å². The molecule has 2 aliphatic heterocycles. The van der Waals surface area contributed by atoms with Crippen LogP contribution in [0.15, 0.2) is 54.9 Å². The summed E-state index contributed by atoms with van der Waals surface area (Å²) in [6.07, 6.45) is 8.31. The van der Waals surface area contributed by atoms with Crippen LogP contribution in [-0.4, -0.2) is 69.4 Å². The molecule has 1 atom stereocenters. The zero-order valence-electron chi connectivity index (χ0n) is 20.8. The molecule has 0 N–H and O–H groups in total. The number of carbonyl (C=O) groups excluding carboxylic acids is 2. The van der Waals surface area contributed by atoms with Crippen LogP contribution in [0.4, 0.5) is 0 Å². The number of piperidine rings is 2. The Bertz CT molecular complexity index is 1170. The van der Waals surface area contributed by atoms with Crippen molar-refractivity contribution in [3.63, 3.8) is 0 Å². The second-order valence-corrected chi connectivity index (χ2v) is 9.58. The minimum Gasteiger partial charge on any atom is -0.490 e. The van der Waals surface area contributed by atoms with Crippen LogP contribution in [0.5, 0.6) is 5.75 Å². The summed E-state index contributed by atoms with van der Waals surface area (Å²) >= 11 is 0. The van der Waals surface area contributed by atoms with Gasteiger partial charge in [-0.2, -0.15) is 0 Å². The molecule has 3 aromatic rings. The molecule has 190 valence electrons. The first-order chi connectivity index (χ1) is 17.6. The predicted octanol–water partition coefficient (Wildman–Crippen LogP) is 3.94. The first-order valence-corrected chi connectivity index (χ1v) is 13.0. The Balaban J connectivity index is 1.16. The molecule has 1 aromatic carbocycles. The van der Waals surface area contributed by atoms with Crippen molar-refractivity contribution in [2.45, 2.75) is 57.7 Å². The van der Waals surface area contributed by atoms with E-state index in [9.17, 15) is 9.59 Å². The van der Waals surface area contributed by atoms with Gasteiger partial charge in [-0.25, -0.2) is 4.98 Å². The lowest BCUT2D eigenvalue weighted by atomic mass is 10.0. The molecular weight excluding hydrogens is 456 g/mol. The van der Waals surface area contributed by atoms with E-state index in [4.69, 9.17) is 9.47 Å². The maximum atomic E-state index is 13.0. The second-order valence-electron chi connectivity index (χ2n) is 9.58. The van der Waals surface area contributed by atoms with Crippen LogP contribution in [-0.2, 0) is 16.1 Å². The number of esters is 1. The summed E-state index contributed by atoms with van der Waals surface area (Å²) in [7, 11) is 0. The molecule has 0 unspecified atom stereocenters. The SMILES string of the molecule is CCOC(=O)[C@H]1CCCCN1Cc1cccc(OC2CCN(C(=O)c3cn4ccccc4n3)CC2)c1. The van der Waals surface area contributed by atoms with Crippen LogP contribution in [0.3, 0.4) is 0 Å². The van der Waals surface area contributed by atoms with Crippen LogP contribution in [0.2, 0.25) is 0 Å². The zero-order chi connectivity index (χ0) is 24.9. The van der Waals surface area contributed by atoms with E-state index in [1.807, 2.05) is 52.8 Å². The molecule has 36 heavy (non-hydrogen) atoms. The molecule has 0 radical (unpaired) electrons. The van der Waals surface area contributed by atoms with Crippen molar-refractivity contribution in [1.82, 2.24) is 19.2 Å². The maximum absolute atomic E-state index is 13.0. The van der Waals surface area contributed by atoms with Crippen LogP contribution < -0.4 is 4.74 Å². The zero-order valence-corrected chi connectivity index (χ0v) is 20.8. The van der Waals surface area contributed by atoms with Gasteiger partial charge in [0.1, 0.15) is 29.2 Å². The van der Waals surface area contributed by atoms with Gasteiger partial charge in [-0.15, -0.1) is 0 Å². The van der Waals surface area contributed by atoms with E-state index in [0.29, 0.717) is 31.9 Å². The normalized spacial score (nSPS) is 19.4. The fourth-order valence-corrected chi connectivity index (χ4v) is 5.21. The summed E-state index contributed by atoms with van der Waals surface area (Å²) in [6.45, 7) is 5.15. The Labute approximate surface area is 211 Å². The summed E-state index contributed by atoms with van der Waals surface area (Å²) in [5, 5.41) is 0. The van der Waals surface area contributed by atoms with Gasteiger partial charge in [0.2, 0.25) is 0 Å². The molecule has 8 nitrogen and oxygen atoms in total. The van der Waals surface area contributed by atoms with Crippen molar-refractivity contribution < 1.29 is 19.1 Å². The number of pyridine rings is 1. The monoisotopic (exact) mass is 490 g/mol. The number of hydrogen-bond acceptors (Lipinski definition) is 6. The Hall–Kier alpha value is -3.39. The third-order valence-electron chi connectivity index (χ3n) is 7.07. The number of nitrogens with zero attached hydrogens (tertiary/aromatic N) is 4. The standard InChI is InChI=1S/C28H34N4O4/c1-2-35-28(34)25-10-3-5-14-31(25)19-21-8-7-9-23(18-21)36-22-12-16-30(17-13-22)27(33)24-20-32-15-6-4-11-26(32)29-24/h4,6-9,11,15,18,20,22,25H,2-3,5,10,12-14,16-17,19H2,1H3/t25-/m1/s1. The Kier molecular flexibility index (Phi) is 7.51. The Morgan fingerprint density at radius 3 is 2.69 bits per heavy atom. The molecule has 4 heterocycles. The highest BCUT2D eigenvalue weighted by atomic mass is 16.5. The molecule has 0 saturated carbocycles. The molecule has 2 aromatic heterocycles. The molecular formula is C28H34N4O4. The van der Waals surface area contributed by atoms with E-state index in [0.717, 1.165) is 55.6 Å². The quantitative estimate of drug-likeness (QED) is 0.467. The van der Waals surface area contributed by atoms with E-state index in [1.165, 1.54) is 0 Å². The lowest BCUT2D eigenvalue weighted by Crippen LogP contribution is -2.44. The Morgan fingerprint density at radius 2 is 1.89 bits per heavy atom. The largest absolute Gasteiger partial charge is 0.490 e. The van der Waals surface area contributed by atoms with E-state index in [1.54, 1.807) is 6.20 Å². The summed E-state index contributed by atoms with van der Waals surface area (Å²) in [5.74, 6) is 0.689. The van der Waals surface area contributed by atoms with E-state index in [2.05, 4.69) is 22.0 Å². The van der Waals surface area contributed by atoms with E-state index >= 15 is 0 Å². The predicted molar refractivity (Wildman–Crippen MR) is 136 cm³/mol. The molecule has 5 rings (SSSR count). The molecule has 8 heteroatoms. The molecule has 2 fully saturated rings. The number of imidazole rings is 1. The summed E-state index contributed by atoms with van der Waals surface area (Å²) < 4.78 is 13.5. The number of ether oxygens (including phenoxy) is 2. The molecule has 1 amide bonds. The van der Waals surface area contributed by atoms with Crippen LogP contribution in [0.1, 0.15) is 55.1 Å². The smallest absolute Gasteiger partial charge is 0.323 e. The van der Waals surface area contributed by atoms with Crippen LogP contribution in [0.25, 0.3) is 5.65 Å². The highest BCUT2D eigenvalue weighted by molar-refractivity contribution is 5.93. The summed E-state index contributed by atoms with van der Waals surface area (Å²) in [5.41, 5.74) is 2.38. The molecule has 2 saturated heterocycles. The third-order valence-corrected chi connectivity index (χ3v) is 7.07. The lowest BCUT2D eigenvalue weighted by Gasteiger charge is -2.34. The maximum Gasteiger partial charge on any atom is 0.323 e. The second kappa shape index (κ2) is 11.1. The number of benzene rings is 1. The molecule has 0 bridgehead atoms. The minimum atomic E-state index is -0.168. The van der Waals surface area contributed by atoms with Crippen molar-refractivity contribution in [3.05, 3.63) is 66.1 Å². The number of carbonyl (C=O) groups is 2. The number of fused-ring (bicyclic) bond motifs is 1. The van der Waals surface area contributed by atoms with E-state index in [-0.39, 0.29) is 24.0 Å². The van der Waals surface area contributed by atoms with Gasteiger partial charge in [-0.05, 0) is 56.1 Å². The topological polar surface area (TPSA) is 76.4 Å². The first-order valence-electron chi connectivity index (χ1n) is 13.0. The van der Waals surface area contributed by atoms with Gasteiger partial charge >= 0.3 is 5.97 Å². The fourth-order valence-electron chi connectivity index (χ4n) is 5.21. The van der Waals surface area contributed by atoms with Gasteiger partial charge in [0.15, 0.2) is 0 Å². The van der Waals surface area contributed by atoms with Crippen molar-refractivity contribution in [1.29, 1.82) is 0 Å². The molecule has 0 spiro atoms. The lowest BCUT2D eigenvalue weighted by molar-refractivity contribution is -0.151. The summed E-state index contributed by atoms with van der Waals surface area (Å²) in [4.78, 5) is 33.9. The Morgan fingerprint density at radius 1 is 1.03 bits per heavy atom. The van der Waals surface area contributed by atoms with Crippen molar-refractivity contribution in [3.8, 4) is 5.75 Å². The van der Waals surface area contributed by atoms with Gasteiger partial charge < -0.3 is 18.8 Å². The van der Waals surface area contributed by atoms with Gasteiger partial charge in [-0.3, -0.25) is 14.5 Å². The highest BCUT2D eigenvalue weighted by Gasteiger charge is 2.30. The fraction of sp³-hybridized carbons (Fsp3) is 0.464. The third kappa shape index (κ3) is 5.54. The molecule has 0 aliphatic carbocycles.